The van der Waals surface area contributed by atoms with E-state index in [4.69, 9.17) is 0 Å². The second-order valence-electron chi connectivity index (χ2n) is 7.95. The number of carbonyl (C=O) groups excluding carboxylic acids is 1. The van der Waals surface area contributed by atoms with E-state index in [0.717, 1.165) is 38.5 Å². The Bertz CT molecular complexity index is 653. The monoisotopic (exact) mass is 332 g/mol. The van der Waals surface area contributed by atoms with Gasteiger partial charge in [0.2, 0.25) is 0 Å². The van der Waals surface area contributed by atoms with E-state index in [1.165, 1.54) is 25.0 Å². The van der Waals surface area contributed by atoms with Crippen LogP contribution in [0.25, 0.3) is 0 Å². The summed E-state index contributed by atoms with van der Waals surface area (Å²) < 4.78 is 13.3. The van der Waals surface area contributed by atoms with Gasteiger partial charge in [-0.2, -0.15) is 0 Å². The molecule has 3 aliphatic rings. The highest BCUT2D eigenvalue weighted by Gasteiger charge is 2.55. The van der Waals surface area contributed by atoms with E-state index in [2.05, 4.69) is 4.90 Å². The largest absolute Gasteiger partial charge is 0.396 e. The molecule has 0 unspecified atom stereocenters. The van der Waals surface area contributed by atoms with E-state index in [1.807, 2.05) is 4.90 Å². The zero-order valence-corrected chi connectivity index (χ0v) is 14.2. The highest BCUT2D eigenvalue weighted by Crippen LogP contribution is 2.43. The maximum atomic E-state index is 13.3. The summed E-state index contributed by atoms with van der Waals surface area (Å²) in [5.41, 5.74) is 1.34. The Kier molecular flexibility index (Phi) is 3.88. The van der Waals surface area contributed by atoms with Crippen molar-refractivity contribution in [1.29, 1.82) is 0 Å². The van der Waals surface area contributed by atoms with Crippen molar-refractivity contribution in [2.45, 2.75) is 31.7 Å². The Labute approximate surface area is 142 Å². The van der Waals surface area contributed by atoms with Gasteiger partial charge in [-0.1, -0.05) is 0 Å². The van der Waals surface area contributed by atoms with Crippen LogP contribution in [0.3, 0.4) is 0 Å². The molecule has 4 nitrogen and oxygen atoms in total. The molecule has 3 fully saturated rings. The van der Waals surface area contributed by atoms with Gasteiger partial charge in [0, 0.05) is 38.3 Å². The van der Waals surface area contributed by atoms with Crippen LogP contribution >= 0.6 is 0 Å². The predicted octanol–water partition coefficient (Wildman–Crippen LogP) is 2.05. The van der Waals surface area contributed by atoms with Crippen LogP contribution in [-0.4, -0.2) is 59.1 Å². The molecule has 24 heavy (non-hydrogen) atoms. The number of nitrogens with zero attached hydrogens (tertiary/aromatic N) is 2. The van der Waals surface area contributed by atoms with Crippen molar-refractivity contribution in [3.8, 4) is 0 Å². The molecule has 0 bridgehead atoms. The van der Waals surface area contributed by atoms with Crippen molar-refractivity contribution in [3.63, 3.8) is 0 Å². The zero-order chi connectivity index (χ0) is 16.9. The molecule has 130 valence electrons. The molecule has 1 saturated carbocycles. The maximum Gasteiger partial charge on any atom is 0.254 e. The van der Waals surface area contributed by atoms with Gasteiger partial charge in [0.05, 0.1) is 5.54 Å². The second kappa shape index (κ2) is 5.81. The van der Waals surface area contributed by atoms with Crippen LogP contribution in [0.4, 0.5) is 4.39 Å². The van der Waals surface area contributed by atoms with E-state index in [0.29, 0.717) is 17.0 Å². The third-order valence-corrected chi connectivity index (χ3v) is 5.93. The fourth-order valence-corrected chi connectivity index (χ4v) is 4.41. The van der Waals surface area contributed by atoms with Gasteiger partial charge < -0.3 is 10.0 Å². The molecule has 1 spiro atoms. The molecule has 0 radical (unpaired) electrons. The second-order valence-corrected chi connectivity index (χ2v) is 7.95. The van der Waals surface area contributed by atoms with Gasteiger partial charge in [-0.05, 0) is 61.8 Å². The number of amides is 1. The van der Waals surface area contributed by atoms with Gasteiger partial charge in [0.15, 0.2) is 0 Å². The van der Waals surface area contributed by atoms with Gasteiger partial charge in [-0.25, -0.2) is 4.39 Å². The fourth-order valence-electron chi connectivity index (χ4n) is 4.41. The topological polar surface area (TPSA) is 43.8 Å². The van der Waals surface area contributed by atoms with Crippen LogP contribution in [0.2, 0.25) is 0 Å². The maximum absolute atomic E-state index is 13.3. The predicted molar refractivity (Wildman–Crippen MR) is 89.3 cm³/mol. The first-order valence-electron chi connectivity index (χ1n) is 8.92. The van der Waals surface area contributed by atoms with Crippen molar-refractivity contribution < 1.29 is 14.3 Å². The highest BCUT2D eigenvalue weighted by molar-refractivity contribution is 5.96. The molecule has 2 aliphatic heterocycles. The number of aryl methyl sites for hydroxylation is 1. The van der Waals surface area contributed by atoms with Crippen molar-refractivity contribution in [1.82, 2.24) is 9.80 Å². The lowest BCUT2D eigenvalue weighted by Crippen LogP contribution is -2.69. The number of likely N-dealkylation sites (tertiary alicyclic amines) is 2. The van der Waals surface area contributed by atoms with Gasteiger partial charge in [-0.3, -0.25) is 9.69 Å². The lowest BCUT2D eigenvalue weighted by molar-refractivity contribution is -0.0200. The van der Waals surface area contributed by atoms with E-state index in [9.17, 15) is 14.3 Å². The summed E-state index contributed by atoms with van der Waals surface area (Å²) in [4.78, 5) is 17.1. The van der Waals surface area contributed by atoms with E-state index in [1.54, 1.807) is 13.0 Å². The minimum absolute atomic E-state index is 0.00283. The fraction of sp³-hybridized carbons (Fsp3) is 0.632. The number of carbonyl (C=O) groups is 1. The molecule has 2 saturated heterocycles. The highest BCUT2D eigenvalue weighted by atomic mass is 19.1. The summed E-state index contributed by atoms with van der Waals surface area (Å²) in [6.07, 6.45) is 3.60. The molecule has 1 N–H and O–H groups in total. The standard InChI is InChI=1S/C19H25FN2O2/c1-13-6-16(20)4-5-17(13)18(24)21-11-19(12-21)7-15(10-23)9-22(19)8-14-2-3-14/h4-6,14-15,23H,2-3,7-12H2,1H3/t15-/m0/s1. The van der Waals surface area contributed by atoms with Crippen LogP contribution in [-0.2, 0) is 0 Å². The third-order valence-electron chi connectivity index (χ3n) is 5.93. The number of hydrogen-bond acceptors (Lipinski definition) is 3. The Morgan fingerprint density at radius 1 is 1.33 bits per heavy atom. The number of rotatable bonds is 4. The van der Waals surface area contributed by atoms with Crippen LogP contribution in [0.15, 0.2) is 18.2 Å². The van der Waals surface area contributed by atoms with E-state index >= 15 is 0 Å². The SMILES string of the molecule is Cc1cc(F)ccc1C(=O)N1CC2(C[C@H](CO)CN2CC2CC2)C1. The molecule has 5 heteroatoms. The summed E-state index contributed by atoms with van der Waals surface area (Å²) in [6, 6.07) is 4.36. The Balaban J connectivity index is 1.46. The number of aliphatic hydroxyl groups excluding tert-OH is 1. The molecular formula is C19H25FN2O2. The summed E-state index contributed by atoms with van der Waals surface area (Å²) in [5, 5.41) is 9.56. The van der Waals surface area contributed by atoms with Crippen molar-refractivity contribution in [3.05, 3.63) is 35.1 Å². The molecule has 1 aromatic rings. The molecule has 4 rings (SSSR count). The lowest BCUT2D eigenvalue weighted by Gasteiger charge is -2.53. The Morgan fingerprint density at radius 2 is 2.08 bits per heavy atom. The summed E-state index contributed by atoms with van der Waals surface area (Å²) in [5.74, 6) is 0.829. The van der Waals surface area contributed by atoms with Gasteiger partial charge in [0.25, 0.3) is 5.91 Å². The molecule has 2 heterocycles. The molecule has 1 aliphatic carbocycles. The Hall–Kier alpha value is -1.46. The zero-order valence-electron chi connectivity index (χ0n) is 14.2. The lowest BCUT2D eigenvalue weighted by atomic mass is 9.83. The van der Waals surface area contributed by atoms with Crippen LogP contribution in [0.1, 0.15) is 35.2 Å². The van der Waals surface area contributed by atoms with Gasteiger partial charge in [-0.15, -0.1) is 0 Å². The first kappa shape index (κ1) is 16.0. The quantitative estimate of drug-likeness (QED) is 0.918. The molecule has 1 aromatic carbocycles. The minimum Gasteiger partial charge on any atom is -0.396 e. The first-order valence-corrected chi connectivity index (χ1v) is 8.92. The van der Waals surface area contributed by atoms with Crippen LogP contribution in [0.5, 0.6) is 0 Å². The van der Waals surface area contributed by atoms with Crippen molar-refractivity contribution in [2.24, 2.45) is 11.8 Å². The summed E-state index contributed by atoms with van der Waals surface area (Å²) in [6.45, 7) is 5.52. The van der Waals surface area contributed by atoms with Crippen molar-refractivity contribution >= 4 is 5.91 Å². The van der Waals surface area contributed by atoms with E-state index in [-0.39, 0.29) is 23.9 Å². The minimum atomic E-state index is -0.304. The van der Waals surface area contributed by atoms with Gasteiger partial charge >= 0.3 is 0 Å². The smallest absolute Gasteiger partial charge is 0.254 e. The molecule has 1 atom stereocenters. The van der Waals surface area contributed by atoms with Crippen molar-refractivity contribution in [2.75, 3.05) is 32.8 Å². The average Bonchev–Trinajstić information content (AvgIpc) is 3.24. The Morgan fingerprint density at radius 3 is 2.71 bits per heavy atom. The van der Waals surface area contributed by atoms with Gasteiger partial charge in [0.1, 0.15) is 5.82 Å². The third kappa shape index (κ3) is 2.74. The number of aliphatic hydroxyl groups is 1. The normalized spacial score (nSPS) is 26.0. The number of halogens is 1. The number of hydrogen-bond donors (Lipinski definition) is 1. The average molecular weight is 332 g/mol. The van der Waals surface area contributed by atoms with E-state index < -0.39 is 0 Å². The van der Waals surface area contributed by atoms with Crippen LogP contribution < -0.4 is 0 Å². The molecular weight excluding hydrogens is 307 g/mol. The summed E-state index contributed by atoms with van der Waals surface area (Å²) >= 11 is 0. The molecule has 0 aromatic heterocycles. The first-order chi connectivity index (χ1) is 11.5. The van der Waals surface area contributed by atoms with Crippen LogP contribution in [0, 0.1) is 24.6 Å². The number of benzene rings is 1. The molecule has 1 amide bonds. The summed E-state index contributed by atoms with van der Waals surface area (Å²) in [7, 11) is 0.